The van der Waals surface area contributed by atoms with Crippen LogP contribution in [0.1, 0.15) is 24.1 Å². The number of aromatic amines is 1. The molecule has 3 N–H and O–H groups in total. The molecule has 2 atom stereocenters. The number of piperidine rings is 1. The van der Waals surface area contributed by atoms with Gasteiger partial charge in [-0.05, 0) is 17.7 Å². The number of carbonyl (C=O) groups excluding carboxylic acids is 1. The summed E-state index contributed by atoms with van der Waals surface area (Å²) < 4.78 is 0. The standard InChI is InChI=1S/C22H23N3O4/c26-19-14-25(13-12-22(19,29)15-6-2-1-3-7-15)20(27)11-10-18-21(28)24-17-9-5-4-8-16(17)23-18/h1-9,19,26,29H,10-14H2,(H,24,28)/t19-,22-/m0/s1. The van der Waals surface area contributed by atoms with Crippen molar-refractivity contribution in [2.45, 2.75) is 31.0 Å². The first kappa shape index (κ1) is 19.3. The molecule has 1 aliphatic rings. The first-order chi connectivity index (χ1) is 14.0. The number of nitrogens with one attached hydrogen (secondary N) is 1. The molecule has 2 heterocycles. The van der Waals surface area contributed by atoms with Gasteiger partial charge in [0.2, 0.25) is 5.91 Å². The highest BCUT2D eigenvalue weighted by Gasteiger charge is 2.42. The second-order valence-corrected chi connectivity index (χ2v) is 7.43. The average molecular weight is 393 g/mol. The Morgan fingerprint density at radius 1 is 1.17 bits per heavy atom. The van der Waals surface area contributed by atoms with Crippen molar-refractivity contribution in [3.8, 4) is 0 Å². The number of aryl methyl sites for hydroxylation is 1. The topological polar surface area (TPSA) is 107 Å². The van der Waals surface area contributed by atoms with Crippen molar-refractivity contribution >= 4 is 16.9 Å². The monoisotopic (exact) mass is 393 g/mol. The molecule has 150 valence electrons. The van der Waals surface area contributed by atoms with Gasteiger partial charge < -0.3 is 20.1 Å². The number of hydrogen-bond donors (Lipinski definition) is 3. The van der Waals surface area contributed by atoms with Gasteiger partial charge in [0.05, 0.1) is 11.0 Å². The van der Waals surface area contributed by atoms with Gasteiger partial charge in [-0.3, -0.25) is 9.59 Å². The molecule has 7 heteroatoms. The van der Waals surface area contributed by atoms with Crippen LogP contribution in [0.5, 0.6) is 0 Å². The maximum atomic E-state index is 12.6. The van der Waals surface area contributed by atoms with Gasteiger partial charge in [0.1, 0.15) is 17.4 Å². The number of aromatic nitrogens is 2. The molecule has 1 amide bonds. The third kappa shape index (κ3) is 3.79. The van der Waals surface area contributed by atoms with Crippen LogP contribution in [0, 0.1) is 0 Å². The van der Waals surface area contributed by atoms with Gasteiger partial charge in [-0.1, -0.05) is 42.5 Å². The lowest BCUT2D eigenvalue weighted by atomic mass is 9.82. The van der Waals surface area contributed by atoms with Crippen molar-refractivity contribution in [1.29, 1.82) is 0 Å². The number of H-pyrrole nitrogens is 1. The molecule has 1 fully saturated rings. The molecule has 1 aliphatic heterocycles. The van der Waals surface area contributed by atoms with Gasteiger partial charge in [-0.25, -0.2) is 4.98 Å². The Balaban J connectivity index is 1.41. The SMILES string of the molecule is O=C(CCc1nc2ccccc2[nH]c1=O)N1CC[C@](O)(c2ccccc2)[C@@H](O)C1. The molecule has 0 saturated carbocycles. The van der Waals surface area contributed by atoms with E-state index >= 15 is 0 Å². The summed E-state index contributed by atoms with van der Waals surface area (Å²) in [5.41, 5.74) is 0.632. The number of hydrogen-bond acceptors (Lipinski definition) is 5. The summed E-state index contributed by atoms with van der Waals surface area (Å²) in [5.74, 6) is -0.173. The Morgan fingerprint density at radius 3 is 2.66 bits per heavy atom. The van der Waals surface area contributed by atoms with Gasteiger partial charge in [-0.2, -0.15) is 0 Å². The number of aliphatic hydroxyl groups is 2. The lowest BCUT2D eigenvalue weighted by Crippen LogP contribution is -2.55. The molecule has 0 aliphatic carbocycles. The normalized spacial score (nSPS) is 22.0. The van der Waals surface area contributed by atoms with E-state index in [9.17, 15) is 19.8 Å². The van der Waals surface area contributed by atoms with Crippen LogP contribution in [0.15, 0.2) is 59.4 Å². The second-order valence-electron chi connectivity index (χ2n) is 7.43. The quantitative estimate of drug-likeness (QED) is 0.620. The predicted octanol–water partition coefficient (Wildman–Crippen LogP) is 1.34. The molecule has 29 heavy (non-hydrogen) atoms. The van der Waals surface area contributed by atoms with E-state index in [4.69, 9.17) is 0 Å². The van der Waals surface area contributed by atoms with Crippen LogP contribution in [0.4, 0.5) is 0 Å². The highest BCUT2D eigenvalue weighted by Crippen LogP contribution is 2.33. The van der Waals surface area contributed by atoms with Crippen molar-refractivity contribution in [2.75, 3.05) is 13.1 Å². The molecule has 0 radical (unpaired) electrons. The number of β-amino-alcohol motifs (C(OH)–C–C–N with tert-alkyl or cyclic N) is 1. The molecule has 3 aromatic rings. The van der Waals surface area contributed by atoms with Gasteiger partial charge in [0, 0.05) is 32.4 Å². The van der Waals surface area contributed by atoms with Crippen LogP contribution in [0.2, 0.25) is 0 Å². The maximum Gasteiger partial charge on any atom is 0.270 e. The van der Waals surface area contributed by atoms with Crippen molar-refractivity contribution in [3.05, 3.63) is 76.2 Å². The number of fused-ring (bicyclic) bond motifs is 1. The second kappa shape index (κ2) is 7.77. The molecule has 1 saturated heterocycles. The minimum atomic E-state index is -1.37. The number of benzene rings is 2. The summed E-state index contributed by atoms with van der Waals surface area (Å²) >= 11 is 0. The molecule has 0 bridgehead atoms. The lowest BCUT2D eigenvalue weighted by molar-refractivity contribution is -0.151. The zero-order valence-electron chi connectivity index (χ0n) is 15.9. The van der Waals surface area contributed by atoms with Gasteiger partial charge >= 0.3 is 0 Å². The fourth-order valence-electron chi connectivity index (χ4n) is 3.83. The summed E-state index contributed by atoms with van der Waals surface area (Å²) in [7, 11) is 0. The van der Waals surface area contributed by atoms with E-state index in [2.05, 4.69) is 9.97 Å². The Kier molecular flexibility index (Phi) is 5.17. The third-order valence-electron chi connectivity index (χ3n) is 5.58. The van der Waals surface area contributed by atoms with E-state index in [0.717, 1.165) is 0 Å². The van der Waals surface area contributed by atoms with Crippen LogP contribution in [0.25, 0.3) is 11.0 Å². The maximum absolute atomic E-state index is 12.6. The fourth-order valence-corrected chi connectivity index (χ4v) is 3.83. The van der Waals surface area contributed by atoms with Crippen molar-refractivity contribution in [1.82, 2.24) is 14.9 Å². The van der Waals surface area contributed by atoms with Crippen LogP contribution in [-0.4, -0.2) is 50.2 Å². The van der Waals surface area contributed by atoms with Crippen LogP contribution < -0.4 is 5.56 Å². The van der Waals surface area contributed by atoms with E-state index in [1.165, 1.54) is 4.90 Å². The Bertz CT molecular complexity index is 1080. The molecular formula is C22H23N3O4. The molecule has 1 aromatic heterocycles. The highest BCUT2D eigenvalue weighted by atomic mass is 16.3. The van der Waals surface area contributed by atoms with Gasteiger partial charge in [-0.15, -0.1) is 0 Å². The Morgan fingerprint density at radius 2 is 1.90 bits per heavy atom. The van der Waals surface area contributed by atoms with Crippen molar-refractivity contribution in [2.24, 2.45) is 0 Å². The van der Waals surface area contributed by atoms with Crippen LogP contribution in [-0.2, 0) is 16.8 Å². The number of carbonyl (C=O) groups is 1. The molecule has 0 unspecified atom stereocenters. The van der Waals surface area contributed by atoms with E-state index in [-0.39, 0.29) is 37.3 Å². The smallest absolute Gasteiger partial charge is 0.270 e. The first-order valence-electron chi connectivity index (χ1n) is 9.69. The molecule has 7 nitrogen and oxygen atoms in total. The van der Waals surface area contributed by atoms with E-state index in [1.807, 2.05) is 36.4 Å². The van der Waals surface area contributed by atoms with Crippen molar-refractivity contribution < 1.29 is 15.0 Å². The Hall–Kier alpha value is -3.03. The summed E-state index contributed by atoms with van der Waals surface area (Å²) in [6.07, 6.45) is -0.497. The van der Waals surface area contributed by atoms with Crippen LogP contribution in [0.3, 0.4) is 0 Å². The van der Waals surface area contributed by atoms with E-state index in [0.29, 0.717) is 28.8 Å². The van der Waals surface area contributed by atoms with E-state index in [1.54, 1.807) is 18.2 Å². The van der Waals surface area contributed by atoms with E-state index < -0.39 is 11.7 Å². The number of nitrogens with zero attached hydrogens (tertiary/aromatic N) is 2. The minimum Gasteiger partial charge on any atom is -0.388 e. The molecule has 4 rings (SSSR count). The summed E-state index contributed by atoms with van der Waals surface area (Å²) in [4.78, 5) is 33.5. The molecule has 2 aromatic carbocycles. The fraction of sp³-hybridized carbons (Fsp3) is 0.318. The lowest BCUT2D eigenvalue weighted by Gasteiger charge is -2.42. The number of amides is 1. The number of para-hydroxylation sites is 2. The molecular weight excluding hydrogens is 370 g/mol. The highest BCUT2D eigenvalue weighted by molar-refractivity contribution is 5.77. The van der Waals surface area contributed by atoms with Crippen molar-refractivity contribution in [3.63, 3.8) is 0 Å². The number of likely N-dealkylation sites (tertiary alicyclic amines) is 1. The minimum absolute atomic E-state index is 0.0474. The first-order valence-corrected chi connectivity index (χ1v) is 9.69. The molecule has 0 spiro atoms. The Labute approximate surface area is 167 Å². The number of rotatable bonds is 4. The average Bonchev–Trinajstić information content (AvgIpc) is 2.74. The summed E-state index contributed by atoms with van der Waals surface area (Å²) in [5, 5.41) is 21.4. The third-order valence-corrected chi connectivity index (χ3v) is 5.58. The predicted molar refractivity (Wildman–Crippen MR) is 108 cm³/mol. The van der Waals surface area contributed by atoms with Gasteiger partial charge in [0.25, 0.3) is 5.56 Å². The zero-order chi connectivity index (χ0) is 20.4. The van der Waals surface area contributed by atoms with Crippen LogP contribution >= 0.6 is 0 Å². The largest absolute Gasteiger partial charge is 0.388 e. The number of aliphatic hydroxyl groups excluding tert-OH is 1. The zero-order valence-corrected chi connectivity index (χ0v) is 15.9. The summed E-state index contributed by atoms with van der Waals surface area (Å²) in [6, 6.07) is 16.3. The van der Waals surface area contributed by atoms with Gasteiger partial charge in [0.15, 0.2) is 0 Å². The summed E-state index contributed by atoms with van der Waals surface area (Å²) in [6.45, 7) is 0.383.